The van der Waals surface area contributed by atoms with Crippen molar-refractivity contribution in [3.05, 3.63) is 60.1 Å². The largest absolute Gasteiger partial charge is 0.467 e. The monoisotopic (exact) mass is 270 g/mol. The molecular weight excluding hydrogens is 248 g/mol. The summed E-state index contributed by atoms with van der Waals surface area (Å²) in [5, 5.41) is 0. The average molecular weight is 270 g/mol. The molecule has 0 spiro atoms. The number of piperidine rings is 1. The van der Waals surface area contributed by atoms with E-state index in [4.69, 9.17) is 10.2 Å². The highest BCUT2D eigenvalue weighted by Crippen LogP contribution is 2.33. The lowest BCUT2D eigenvalue weighted by Gasteiger charge is -2.40. The van der Waals surface area contributed by atoms with Crippen molar-refractivity contribution in [1.82, 2.24) is 4.90 Å². The van der Waals surface area contributed by atoms with E-state index in [0.717, 1.165) is 12.3 Å². The Kier molecular flexibility index (Phi) is 4.19. The second-order valence-electron chi connectivity index (χ2n) is 5.45. The van der Waals surface area contributed by atoms with Gasteiger partial charge in [-0.25, -0.2) is 0 Å². The second kappa shape index (κ2) is 6.25. The predicted octanol–water partition coefficient (Wildman–Crippen LogP) is 3.18. The van der Waals surface area contributed by atoms with Crippen molar-refractivity contribution in [3.63, 3.8) is 0 Å². The molecule has 20 heavy (non-hydrogen) atoms. The van der Waals surface area contributed by atoms with Gasteiger partial charge in [0.25, 0.3) is 0 Å². The topological polar surface area (TPSA) is 42.4 Å². The number of rotatable bonds is 4. The minimum Gasteiger partial charge on any atom is -0.467 e. The molecule has 2 unspecified atom stereocenters. The normalized spacial score (nSPS) is 21.8. The third kappa shape index (κ3) is 2.65. The number of furan rings is 1. The molecule has 2 N–H and O–H groups in total. The molecular formula is C17H22N2O. The van der Waals surface area contributed by atoms with Gasteiger partial charge in [-0.05, 0) is 37.1 Å². The van der Waals surface area contributed by atoms with Crippen molar-refractivity contribution >= 4 is 0 Å². The molecule has 0 saturated carbocycles. The standard InChI is InChI=1S/C17H22N2O/c18-13-15-9-4-5-11-19(15)17(16-10-6-12-20-16)14-7-2-1-3-8-14/h1-3,6-8,10,12,15,17H,4-5,9,11,13,18H2. The summed E-state index contributed by atoms with van der Waals surface area (Å²) in [6.45, 7) is 1.80. The van der Waals surface area contributed by atoms with Gasteiger partial charge in [0.1, 0.15) is 5.76 Å². The summed E-state index contributed by atoms with van der Waals surface area (Å²) < 4.78 is 5.71. The molecule has 106 valence electrons. The Balaban J connectivity index is 1.97. The van der Waals surface area contributed by atoms with Crippen LogP contribution in [0.25, 0.3) is 0 Å². The van der Waals surface area contributed by atoms with Crippen LogP contribution >= 0.6 is 0 Å². The highest BCUT2D eigenvalue weighted by atomic mass is 16.3. The summed E-state index contributed by atoms with van der Waals surface area (Å²) in [6, 6.07) is 15.2. The van der Waals surface area contributed by atoms with Crippen LogP contribution in [0.4, 0.5) is 0 Å². The molecule has 0 amide bonds. The van der Waals surface area contributed by atoms with E-state index in [1.54, 1.807) is 6.26 Å². The molecule has 3 rings (SSSR count). The van der Waals surface area contributed by atoms with Gasteiger partial charge in [-0.3, -0.25) is 4.90 Å². The van der Waals surface area contributed by atoms with Crippen LogP contribution in [0.2, 0.25) is 0 Å². The molecule has 1 aliphatic heterocycles. The Bertz CT molecular complexity index is 509. The summed E-state index contributed by atoms with van der Waals surface area (Å²) in [7, 11) is 0. The van der Waals surface area contributed by atoms with Crippen molar-refractivity contribution in [2.45, 2.75) is 31.3 Å². The van der Waals surface area contributed by atoms with Gasteiger partial charge in [0.2, 0.25) is 0 Å². The van der Waals surface area contributed by atoms with Crippen molar-refractivity contribution in [2.75, 3.05) is 13.1 Å². The van der Waals surface area contributed by atoms with E-state index in [1.165, 1.54) is 24.8 Å². The summed E-state index contributed by atoms with van der Waals surface area (Å²) in [5.74, 6) is 1.01. The van der Waals surface area contributed by atoms with Gasteiger partial charge in [0.15, 0.2) is 0 Å². The van der Waals surface area contributed by atoms with Crippen LogP contribution in [-0.2, 0) is 0 Å². The minimum atomic E-state index is 0.181. The summed E-state index contributed by atoms with van der Waals surface area (Å²) in [5.41, 5.74) is 7.27. The van der Waals surface area contributed by atoms with Crippen molar-refractivity contribution < 1.29 is 4.42 Å². The van der Waals surface area contributed by atoms with E-state index in [2.05, 4.69) is 41.3 Å². The predicted molar refractivity (Wildman–Crippen MR) is 80.4 cm³/mol. The number of nitrogens with zero attached hydrogens (tertiary/aromatic N) is 1. The summed E-state index contributed by atoms with van der Waals surface area (Å²) in [6.07, 6.45) is 5.45. The molecule has 3 heteroatoms. The lowest BCUT2D eigenvalue weighted by molar-refractivity contribution is 0.106. The molecule has 1 aromatic carbocycles. The summed E-state index contributed by atoms with van der Waals surface area (Å²) in [4.78, 5) is 2.51. The molecule has 0 aliphatic carbocycles. The van der Waals surface area contributed by atoms with Crippen molar-refractivity contribution in [2.24, 2.45) is 5.73 Å². The number of likely N-dealkylation sites (tertiary alicyclic amines) is 1. The molecule has 1 saturated heterocycles. The smallest absolute Gasteiger partial charge is 0.125 e. The van der Waals surface area contributed by atoms with Crippen molar-refractivity contribution in [3.8, 4) is 0 Å². The molecule has 0 radical (unpaired) electrons. The SMILES string of the molecule is NCC1CCCCN1C(c1ccccc1)c1ccco1. The third-order valence-corrected chi connectivity index (χ3v) is 4.20. The Morgan fingerprint density at radius 3 is 2.70 bits per heavy atom. The third-order valence-electron chi connectivity index (χ3n) is 4.20. The number of nitrogens with two attached hydrogens (primary N) is 1. The van der Waals surface area contributed by atoms with Crippen LogP contribution in [0.3, 0.4) is 0 Å². The Labute approximate surface area is 120 Å². The van der Waals surface area contributed by atoms with Gasteiger partial charge in [0, 0.05) is 12.6 Å². The first kappa shape index (κ1) is 13.4. The molecule has 1 aliphatic rings. The molecule has 1 aromatic heterocycles. The average Bonchev–Trinajstić information content (AvgIpc) is 3.03. The molecule has 0 bridgehead atoms. The van der Waals surface area contributed by atoms with E-state index in [9.17, 15) is 0 Å². The van der Waals surface area contributed by atoms with E-state index in [1.807, 2.05) is 6.07 Å². The van der Waals surface area contributed by atoms with E-state index >= 15 is 0 Å². The number of hydrogen-bond acceptors (Lipinski definition) is 3. The van der Waals surface area contributed by atoms with Gasteiger partial charge in [-0.15, -0.1) is 0 Å². The lowest BCUT2D eigenvalue weighted by atomic mass is 9.95. The van der Waals surface area contributed by atoms with E-state index in [-0.39, 0.29) is 6.04 Å². The fourth-order valence-corrected chi connectivity index (χ4v) is 3.22. The second-order valence-corrected chi connectivity index (χ2v) is 5.45. The maximum absolute atomic E-state index is 5.99. The Morgan fingerprint density at radius 1 is 1.15 bits per heavy atom. The van der Waals surface area contributed by atoms with Crippen LogP contribution in [0.5, 0.6) is 0 Å². The van der Waals surface area contributed by atoms with Gasteiger partial charge in [-0.2, -0.15) is 0 Å². The van der Waals surface area contributed by atoms with Crippen LogP contribution < -0.4 is 5.73 Å². The first-order valence-electron chi connectivity index (χ1n) is 7.44. The molecule has 3 nitrogen and oxygen atoms in total. The Hall–Kier alpha value is -1.58. The zero-order valence-electron chi connectivity index (χ0n) is 11.7. The maximum Gasteiger partial charge on any atom is 0.125 e. The number of hydrogen-bond donors (Lipinski definition) is 1. The van der Waals surface area contributed by atoms with Gasteiger partial charge >= 0.3 is 0 Å². The summed E-state index contributed by atoms with van der Waals surface area (Å²) >= 11 is 0. The molecule has 2 heterocycles. The van der Waals surface area contributed by atoms with Gasteiger partial charge in [-0.1, -0.05) is 36.8 Å². The van der Waals surface area contributed by atoms with Crippen LogP contribution in [-0.4, -0.2) is 24.0 Å². The van der Waals surface area contributed by atoms with Crippen LogP contribution in [0.1, 0.15) is 36.6 Å². The van der Waals surface area contributed by atoms with Crippen LogP contribution in [0.15, 0.2) is 53.1 Å². The molecule has 1 fully saturated rings. The number of benzene rings is 1. The zero-order chi connectivity index (χ0) is 13.8. The van der Waals surface area contributed by atoms with Gasteiger partial charge in [0.05, 0.1) is 12.3 Å². The lowest BCUT2D eigenvalue weighted by Crippen LogP contribution is -2.46. The maximum atomic E-state index is 5.99. The quantitative estimate of drug-likeness (QED) is 0.927. The minimum absolute atomic E-state index is 0.181. The van der Waals surface area contributed by atoms with Crippen LogP contribution in [0, 0.1) is 0 Å². The fourth-order valence-electron chi connectivity index (χ4n) is 3.22. The van der Waals surface area contributed by atoms with E-state index < -0.39 is 0 Å². The highest BCUT2D eigenvalue weighted by Gasteiger charge is 2.31. The highest BCUT2D eigenvalue weighted by molar-refractivity contribution is 5.27. The van der Waals surface area contributed by atoms with E-state index in [0.29, 0.717) is 12.6 Å². The zero-order valence-corrected chi connectivity index (χ0v) is 11.7. The molecule has 2 atom stereocenters. The van der Waals surface area contributed by atoms with Gasteiger partial charge < -0.3 is 10.2 Å². The Morgan fingerprint density at radius 2 is 2.00 bits per heavy atom. The molecule has 2 aromatic rings. The first-order chi connectivity index (χ1) is 9.90. The first-order valence-corrected chi connectivity index (χ1v) is 7.44. The fraction of sp³-hybridized carbons (Fsp3) is 0.412. The van der Waals surface area contributed by atoms with Crippen molar-refractivity contribution in [1.29, 1.82) is 0 Å².